The molecular formula is C22H27N9. The van der Waals surface area contributed by atoms with Crippen LogP contribution >= 0.6 is 0 Å². The second-order valence-corrected chi connectivity index (χ2v) is 8.19. The van der Waals surface area contributed by atoms with E-state index in [-0.39, 0.29) is 0 Å². The summed E-state index contributed by atoms with van der Waals surface area (Å²) in [7, 11) is 0. The lowest BCUT2D eigenvalue weighted by molar-refractivity contribution is 0.235. The van der Waals surface area contributed by atoms with E-state index in [2.05, 4.69) is 54.1 Å². The van der Waals surface area contributed by atoms with Crippen molar-refractivity contribution in [1.29, 1.82) is 0 Å². The highest BCUT2D eigenvalue weighted by Gasteiger charge is 2.29. The highest BCUT2D eigenvalue weighted by atomic mass is 15.3. The van der Waals surface area contributed by atoms with E-state index >= 15 is 0 Å². The van der Waals surface area contributed by atoms with Crippen LogP contribution in [-0.2, 0) is 25.0 Å². The summed E-state index contributed by atoms with van der Waals surface area (Å²) in [6.45, 7) is 9.88. The van der Waals surface area contributed by atoms with Crippen LogP contribution in [0.4, 0.5) is 0 Å². The first-order valence-electron chi connectivity index (χ1n) is 10.3. The Morgan fingerprint density at radius 3 is 2.23 bits per heavy atom. The number of nitrogens with one attached hydrogen (secondary N) is 2. The minimum atomic E-state index is -0.409. The van der Waals surface area contributed by atoms with Crippen molar-refractivity contribution >= 4 is 0 Å². The summed E-state index contributed by atoms with van der Waals surface area (Å²) in [5.74, 6) is 3.08. The van der Waals surface area contributed by atoms with Crippen molar-refractivity contribution in [3.8, 4) is 0 Å². The molecule has 9 nitrogen and oxygen atoms in total. The van der Waals surface area contributed by atoms with Gasteiger partial charge in [0.15, 0.2) is 11.6 Å². The maximum atomic E-state index is 4.95. The Kier molecular flexibility index (Phi) is 5.85. The summed E-state index contributed by atoms with van der Waals surface area (Å²) >= 11 is 0. The largest absolute Gasteiger partial charge is 0.284 e. The highest BCUT2D eigenvalue weighted by Crippen LogP contribution is 2.27. The van der Waals surface area contributed by atoms with Crippen LogP contribution in [0.15, 0.2) is 42.6 Å². The van der Waals surface area contributed by atoms with E-state index in [1.807, 2.05) is 56.4 Å². The maximum Gasteiger partial charge on any atom is 0.164 e. The predicted molar refractivity (Wildman–Crippen MR) is 116 cm³/mol. The van der Waals surface area contributed by atoms with Gasteiger partial charge >= 0.3 is 0 Å². The minimum absolute atomic E-state index is 0.409. The fourth-order valence-corrected chi connectivity index (χ4v) is 3.43. The normalized spacial score (nSPS) is 11.9. The molecule has 0 bridgehead atoms. The summed E-state index contributed by atoms with van der Waals surface area (Å²) in [6.07, 6.45) is 1.81. The average molecular weight is 418 g/mol. The molecule has 31 heavy (non-hydrogen) atoms. The SMILES string of the molecule is Cc1nc(CN(Cc2ccccn2)Cc2cccc(C(C)(C)c3n[nH]c(C)n3)n2)n[nH]1. The number of rotatable bonds is 8. The summed E-state index contributed by atoms with van der Waals surface area (Å²) in [4.78, 5) is 20.6. The second-order valence-electron chi connectivity index (χ2n) is 8.19. The van der Waals surface area contributed by atoms with E-state index in [1.54, 1.807) is 0 Å². The van der Waals surface area contributed by atoms with Gasteiger partial charge in [0.25, 0.3) is 0 Å². The number of hydrogen-bond donors (Lipinski definition) is 2. The average Bonchev–Trinajstić information content (AvgIpc) is 3.37. The Bertz CT molecular complexity index is 1130. The van der Waals surface area contributed by atoms with E-state index in [0.717, 1.165) is 40.4 Å². The van der Waals surface area contributed by atoms with Gasteiger partial charge in [0.05, 0.1) is 29.0 Å². The summed E-state index contributed by atoms with van der Waals surface area (Å²) < 4.78 is 0. The van der Waals surface area contributed by atoms with Gasteiger partial charge in [-0.05, 0) is 52.0 Å². The molecule has 160 valence electrons. The summed E-state index contributed by atoms with van der Waals surface area (Å²) in [6, 6.07) is 12.0. The van der Waals surface area contributed by atoms with Crippen LogP contribution in [0, 0.1) is 13.8 Å². The van der Waals surface area contributed by atoms with Crippen LogP contribution in [0.5, 0.6) is 0 Å². The third kappa shape index (κ3) is 5.00. The molecule has 0 unspecified atom stereocenters. The molecule has 0 radical (unpaired) electrons. The number of aryl methyl sites for hydroxylation is 2. The zero-order valence-electron chi connectivity index (χ0n) is 18.3. The maximum absolute atomic E-state index is 4.95. The first-order chi connectivity index (χ1) is 14.9. The van der Waals surface area contributed by atoms with Gasteiger partial charge in [-0.25, -0.2) is 9.97 Å². The molecule has 0 fully saturated rings. The Hall–Kier alpha value is -3.46. The first-order valence-corrected chi connectivity index (χ1v) is 10.3. The molecule has 4 aromatic rings. The minimum Gasteiger partial charge on any atom is -0.284 e. The van der Waals surface area contributed by atoms with Crippen molar-refractivity contribution in [3.05, 3.63) is 83.0 Å². The van der Waals surface area contributed by atoms with Crippen molar-refractivity contribution < 1.29 is 0 Å². The lowest BCUT2D eigenvalue weighted by Crippen LogP contribution is -2.26. The number of H-pyrrole nitrogens is 2. The number of nitrogens with zero attached hydrogens (tertiary/aromatic N) is 7. The van der Waals surface area contributed by atoms with Gasteiger partial charge in [0, 0.05) is 19.3 Å². The lowest BCUT2D eigenvalue weighted by Gasteiger charge is -2.23. The Morgan fingerprint density at radius 2 is 1.55 bits per heavy atom. The van der Waals surface area contributed by atoms with Crippen molar-refractivity contribution in [2.75, 3.05) is 0 Å². The molecule has 4 heterocycles. The van der Waals surface area contributed by atoms with E-state index in [4.69, 9.17) is 4.98 Å². The molecule has 0 amide bonds. The van der Waals surface area contributed by atoms with Gasteiger partial charge in [-0.1, -0.05) is 12.1 Å². The van der Waals surface area contributed by atoms with Crippen LogP contribution < -0.4 is 0 Å². The second kappa shape index (κ2) is 8.73. The molecule has 0 saturated carbocycles. The number of aromatic nitrogens is 8. The molecule has 0 saturated heterocycles. The van der Waals surface area contributed by atoms with Crippen molar-refractivity contribution in [1.82, 2.24) is 45.2 Å². The molecule has 0 aliphatic carbocycles. The molecule has 0 atom stereocenters. The Labute approximate surface area is 181 Å². The van der Waals surface area contributed by atoms with Crippen LogP contribution in [0.25, 0.3) is 0 Å². The fourth-order valence-electron chi connectivity index (χ4n) is 3.43. The molecule has 9 heteroatoms. The van der Waals surface area contributed by atoms with E-state index in [0.29, 0.717) is 19.6 Å². The topological polar surface area (TPSA) is 112 Å². The van der Waals surface area contributed by atoms with Gasteiger partial charge in [-0.15, -0.1) is 0 Å². The summed E-state index contributed by atoms with van der Waals surface area (Å²) in [5, 5.41) is 14.5. The number of pyridine rings is 2. The molecule has 4 rings (SSSR count). The molecule has 0 aliphatic rings. The van der Waals surface area contributed by atoms with E-state index < -0.39 is 5.41 Å². The lowest BCUT2D eigenvalue weighted by atomic mass is 9.88. The highest BCUT2D eigenvalue weighted by molar-refractivity contribution is 5.26. The van der Waals surface area contributed by atoms with Crippen molar-refractivity contribution in [2.24, 2.45) is 0 Å². The third-order valence-corrected chi connectivity index (χ3v) is 5.11. The van der Waals surface area contributed by atoms with Crippen LogP contribution in [0.3, 0.4) is 0 Å². The monoisotopic (exact) mass is 417 g/mol. The molecule has 0 aromatic carbocycles. The van der Waals surface area contributed by atoms with Gasteiger partial charge in [0.2, 0.25) is 0 Å². The van der Waals surface area contributed by atoms with Gasteiger partial charge in [0.1, 0.15) is 11.6 Å². The van der Waals surface area contributed by atoms with E-state index in [9.17, 15) is 0 Å². The van der Waals surface area contributed by atoms with Crippen LogP contribution in [0.1, 0.15) is 54.2 Å². The molecular weight excluding hydrogens is 390 g/mol. The first kappa shape index (κ1) is 20.8. The number of aromatic amines is 2. The quantitative estimate of drug-likeness (QED) is 0.453. The number of hydrogen-bond acceptors (Lipinski definition) is 7. The predicted octanol–water partition coefficient (Wildman–Crippen LogP) is 2.86. The fraction of sp³-hybridized carbons (Fsp3) is 0.364. The molecule has 0 aliphatic heterocycles. The van der Waals surface area contributed by atoms with Gasteiger partial charge in [-0.2, -0.15) is 10.2 Å². The standard InChI is InChI=1S/C22H27N9/c1-15-24-20(29-27-15)14-31(12-17-8-5-6-11-23-17)13-18-9-7-10-19(26-18)22(3,4)21-25-16(2)28-30-21/h5-11H,12-14H2,1-4H3,(H,24,27,29)(H,25,28,30). The van der Waals surface area contributed by atoms with Gasteiger partial charge in [-0.3, -0.25) is 25.1 Å². The zero-order valence-corrected chi connectivity index (χ0v) is 18.3. The Morgan fingerprint density at radius 1 is 0.806 bits per heavy atom. The summed E-state index contributed by atoms with van der Waals surface area (Å²) in [5.41, 5.74) is 2.46. The molecule has 2 N–H and O–H groups in total. The van der Waals surface area contributed by atoms with E-state index in [1.165, 1.54) is 0 Å². The van der Waals surface area contributed by atoms with Crippen LogP contribution in [-0.4, -0.2) is 45.2 Å². The van der Waals surface area contributed by atoms with Crippen molar-refractivity contribution in [2.45, 2.75) is 52.7 Å². The smallest absolute Gasteiger partial charge is 0.164 e. The zero-order chi connectivity index (χ0) is 21.8. The molecule has 4 aromatic heterocycles. The molecule has 0 spiro atoms. The third-order valence-electron chi connectivity index (χ3n) is 5.11. The van der Waals surface area contributed by atoms with Gasteiger partial charge < -0.3 is 0 Å². The van der Waals surface area contributed by atoms with Crippen LogP contribution in [0.2, 0.25) is 0 Å². The van der Waals surface area contributed by atoms with Crippen molar-refractivity contribution in [3.63, 3.8) is 0 Å². The Balaban J connectivity index is 1.58.